The maximum Gasteiger partial charge on any atom is 0.352 e. The third-order valence-corrected chi connectivity index (χ3v) is 8.25. The molecule has 3 fully saturated rings. The van der Waals surface area contributed by atoms with Crippen LogP contribution in [0.25, 0.3) is 10.9 Å². The van der Waals surface area contributed by atoms with Gasteiger partial charge >= 0.3 is 5.97 Å². The van der Waals surface area contributed by atoms with Crippen LogP contribution in [-0.4, -0.2) is 99.7 Å². The maximum atomic E-state index is 10.9. The van der Waals surface area contributed by atoms with Gasteiger partial charge in [-0.25, -0.2) is 4.79 Å². The minimum Gasteiger partial charge on any atom is -0.493 e. The number of fused-ring (bicyclic) bond motifs is 1. The summed E-state index contributed by atoms with van der Waals surface area (Å²) in [7, 11) is 0. The number of carbonyl (C=O) groups is 1. The lowest BCUT2D eigenvalue weighted by Gasteiger charge is -2.43. The molecule has 0 spiro atoms. The number of benzene rings is 1. The van der Waals surface area contributed by atoms with Gasteiger partial charge in [-0.1, -0.05) is 19.4 Å². The minimum absolute atomic E-state index is 0.140. The fourth-order valence-corrected chi connectivity index (χ4v) is 5.50. The Balaban J connectivity index is 0.000000173. The fourth-order valence-electron chi connectivity index (χ4n) is 5.50. The van der Waals surface area contributed by atoms with Crippen molar-refractivity contribution in [2.24, 2.45) is 17.6 Å². The molecule has 0 bridgehead atoms. The van der Waals surface area contributed by atoms with Gasteiger partial charge in [0.2, 0.25) is 0 Å². The van der Waals surface area contributed by atoms with Crippen molar-refractivity contribution < 1.29 is 24.9 Å². The highest BCUT2D eigenvalue weighted by molar-refractivity contribution is 5.96. The molecule has 5 rings (SSSR count). The number of aromatic amines is 1. The van der Waals surface area contributed by atoms with E-state index in [4.69, 9.17) is 15.6 Å². The summed E-state index contributed by atoms with van der Waals surface area (Å²) in [4.78, 5) is 18.6. The van der Waals surface area contributed by atoms with Crippen molar-refractivity contribution in [1.29, 1.82) is 0 Å². The number of carboxylic acid groups (broad SMARTS) is 1. The van der Waals surface area contributed by atoms with E-state index in [1.54, 1.807) is 6.07 Å². The Morgan fingerprint density at radius 2 is 1.92 bits per heavy atom. The largest absolute Gasteiger partial charge is 0.493 e. The van der Waals surface area contributed by atoms with Crippen LogP contribution in [0.1, 0.15) is 56.4 Å². The number of nitrogens with zero attached hydrogens (tertiary/aromatic N) is 2. The van der Waals surface area contributed by atoms with Crippen molar-refractivity contribution in [3.63, 3.8) is 0 Å². The monoisotopic (exact) mass is 516 g/mol. The van der Waals surface area contributed by atoms with Gasteiger partial charge in [-0.2, -0.15) is 0 Å². The van der Waals surface area contributed by atoms with E-state index >= 15 is 0 Å². The number of piperidine rings is 2. The molecule has 6 N–H and O–H groups in total. The zero-order valence-corrected chi connectivity index (χ0v) is 22.2. The number of nitrogens with two attached hydrogens (primary N) is 1. The van der Waals surface area contributed by atoms with Crippen LogP contribution < -0.4 is 10.5 Å². The lowest BCUT2D eigenvalue weighted by atomic mass is 9.86. The number of aliphatic hydroxyl groups is 2. The van der Waals surface area contributed by atoms with E-state index in [0.29, 0.717) is 24.5 Å². The van der Waals surface area contributed by atoms with Gasteiger partial charge in [-0.15, -0.1) is 0 Å². The number of β-amino-alcohol motifs (C(OH)–C–C–N with tert-alkyl or cyclic N) is 1. The van der Waals surface area contributed by atoms with Gasteiger partial charge in [0.1, 0.15) is 11.4 Å². The molecule has 2 aliphatic heterocycles. The lowest BCUT2D eigenvalue weighted by molar-refractivity contribution is -0.0799. The highest BCUT2D eigenvalue weighted by atomic mass is 16.5. The Labute approximate surface area is 219 Å². The molecule has 0 radical (unpaired) electrons. The zero-order valence-electron chi connectivity index (χ0n) is 22.2. The second-order valence-corrected chi connectivity index (χ2v) is 11.3. The normalized spacial score (nSPS) is 26.8. The number of aromatic carboxylic acids is 1. The van der Waals surface area contributed by atoms with Crippen LogP contribution in [0.15, 0.2) is 24.3 Å². The lowest BCUT2D eigenvalue weighted by Crippen LogP contribution is -2.56. The number of ether oxygens (including phenoxy) is 1. The molecule has 206 valence electrons. The van der Waals surface area contributed by atoms with Crippen LogP contribution in [-0.2, 0) is 0 Å². The Morgan fingerprint density at radius 3 is 2.54 bits per heavy atom. The molecule has 9 nitrogen and oxygen atoms in total. The molecule has 1 aliphatic carbocycles. The smallest absolute Gasteiger partial charge is 0.352 e. The van der Waals surface area contributed by atoms with Crippen LogP contribution in [0.3, 0.4) is 0 Å². The van der Waals surface area contributed by atoms with Gasteiger partial charge in [0, 0.05) is 42.6 Å². The summed E-state index contributed by atoms with van der Waals surface area (Å²) in [6.45, 7) is 9.60. The molecule has 3 heterocycles. The molecule has 0 unspecified atom stereocenters. The molecular formula is C28H44N4O5. The van der Waals surface area contributed by atoms with E-state index in [0.717, 1.165) is 62.3 Å². The number of rotatable bonds is 7. The summed E-state index contributed by atoms with van der Waals surface area (Å²) in [6.07, 6.45) is 4.77. The first-order valence-electron chi connectivity index (χ1n) is 13.8. The Hall–Kier alpha value is -2.17. The third-order valence-electron chi connectivity index (χ3n) is 8.25. The van der Waals surface area contributed by atoms with Crippen molar-refractivity contribution >= 4 is 16.9 Å². The predicted octanol–water partition coefficient (Wildman–Crippen LogP) is 2.52. The van der Waals surface area contributed by atoms with Gasteiger partial charge in [0.15, 0.2) is 0 Å². The van der Waals surface area contributed by atoms with E-state index in [1.807, 2.05) is 25.1 Å². The number of aliphatic hydroxyl groups excluding tert-OH is 2. The van der Waals surface area contributed by atoms with Crippen molar-refractivity contribution in [1.82, 2.24) is 14.8 Å². The Bertz CT molecular complexity index is 1010. The molecule has 4 atom stereocenters. The minimum atomic E-state index is -0.948. The van der Waals surface area contributed by atoms with E-state index in [2.05, 4.69) is 21.7 Å². The molecule has 1 saturated carbocycles. The predicted molar refractivity (Wildman–Crippen MR) is 144 cm³/mol. The summed E-state index contributed by atoms with van der Waals surface area (Å²) in [5.41, 5.74) is 6.93. The Kier molecular flexibility index (Phi) is 9.47. The first-order chi connectivity index (χ1) is 17.7. The average molecular weight is 517 g/mol. The van der Waals surface area contributed by atoms with Gasteiger partial charge in [0.05, 0.1) is 18.8 Å². The SMILES string of the molecule is C[C@H]1CN([C@@H](C)CN2CCC(N)CC2)C[C@H](O)[C@@H]1O.O=C(O)c1cc2c(OCC3CCC3)cccc2[nH]1. The number of nitrogens with one attached hydrogen (secondary N) is 1. The van der Waals surface area contributed by atoms with Gasteiger partial charge in [0.25, 0.3) is 0 Å². The fraction of sp³-hybridized carbons (Fsp3) is 0.679. The molecule has 9 heteroatoms. The summed E-state index contributed by atoms with van der Waals surface area (Å²) >= 11 is 0. The van der Waals surface area contributed by atoms with E-state index < -0.39 is 18.2 Å². The van der Waals surface area contributed by atoms with Crippen LogP contribution in [0.2, 0.25) is 0 Å². The van der Waals surface area contributed by atoms with E-state index in [-0.39, 0.29) is 11.6 Å². The maximum absolute atomic E-state index is 10.9. The first-order valence-corrected chi connectivity index (χ1v) is 13.8. The number of likely N-dealkylation sites (tertiary alicyclic amines) is 2. The van der Waals surface area contributed by atoms with Crippen molar-refractivity contribution in [3.05, 3.63) is 30.0 Å². The molecule has 1 aromatic heterocycles. The molecule has 2 aromatic rings. The van der Waals surface area contributed by atoms with E-state index in [9.17, 15) is 15.0 Å². The zero-order chi connectivity index (χ0) is 26.5. The highest BCUT2D eigenvalue weighted by Crippen LogP contribution is 2.30. The first kappa shape index (κ1) is 27.9. The third kappa shape index (κ3) is 7.23. The van der Waals surface area contributed by atoms with Crippen LogP contribution >= 0.6 is 0 Å². The van der Waals surface area contributed by atoms with Crippen LogP contribution in [0.4, 0.5) is 0 Å². The van der Waals surface area contributed by atoms with Gasteiger partial charge in [-0.3, -0.25) is 4.90 Å². The quantitative estimate of drug-likeness (QED) is 0.379. The molecule has 0 amide bonds. The van der Waals surface area contributed by atoms with Gasteiger partial charge < -0.3 is 35.7 Å². The summed E-state index contributed by atoms with van der Waals surface area (Å²) < 4.78 is 5.80. The van der Waals surface area contributed by atoms with Gasteiger partial charge in [-0.05, 0) is 75.7 Å². The molecule has 37 heavy (non-hydrogen) atoms. The van der Waals surface area contributed by atoms with Crippen molar-refractivity contribution in [2.45, 2.75) is 70.2 Å². The van der Waals surface area contributed by atoms with E-state index in [1.165, 1.54) is 19.3 Å². The van der Waals surface area contributed by atoms with Crippen molar-refractivity contribution in [2.75, 3.05) is 39.3 Å². The number of hydrogen-bond acceptors (Lipinski definition) is 7. The molecular weight excluding hydrogens is 472 g/mol. The summed E-state index contributed by atoms with van der Waals surface area (Å²) in [5.74, 6) is 0.624. The number of carboxylic acids is 1. The second kappa shape index (κ2) is 12.6. The van der Waals surface area contributed by atoms with Crippen LogP contribution in [0, 0.1) is 11.8 Å². The van der Waals surface area contributed by atoms with Crippen molar-refractivity contribution in [3.8, 4) is 5.75 Å². The molecule has 1 aromatic carbocycles. The topological polar surface area (TPSA) is 135 Å². The molecule has 3 aliphatic rings. The highest BCUT2D eigenvalue weighted by Gasteiger charge is 2.34. The number of hydrogen-bond donors (Lipinski definition) is 5. The summed E-state index contributed by atoms with van der Waals surface area (Å²) in [6, 6.07) is 8.05. The summed E-state index contributed by atoms with van der Waals surface area (Å²) in [5, 5.41) is 29.5. The number of aromatic nitrogens is 1. The molecule has 2 saturated heterocycles. The Morgan fingerprint density at radius 1 is 1.19 bits per heavy atom. The average Bonchev–Trinajstić information content (AvgIpc) is 3.29. The standard InChI is InChI=1S/C14H29N3O2.C14H15NO3/c1-10-7-17(9-13(18)14(10)19)11(2)8-16-5-3-12(15)4-6-16;16-14(17)12-7-10-11(15-12)5-2-6-13(10)18-8-9-3-1-4-9/h10-14,18-19H,3-9,15H2,1-2H3;2,5-7,9,15H,1,3-4,8H2,(H,16,17)/t10-,11-,13-,14+;/m0./s1. The van der Waals surface area contributed by atoms with Crippen LogP contribution in [0.5, 0.6) is 5.75 Å². The number of H-pyrrole nitrogens is 1. The second-order valence-electron chi connectivity index (χ2n) is 11.3.